The van der Waals surface area contributed by atoms with E-state index in [9.17, 15) is 4.79 Å². The van der Waals surface area contributed by atoms with E-state index in [4.69, 9.17) is 14.6 Å². The fourth-order valence-corrected chi connectivity index (χ4v) is 4.03. The highest BCUT2D eigenvalue weighted by Gasteiger charge is 2.40. The lowest BCUT2D eigenvalue weighted by Gasteiger charge is -2.30. The molecule has 0 radical (unpaired) electrons. The van der Waals surface area contributed by atoms with Gasteiger partial charge in [0.1, 0.15) is 0 Å². The van der Waals surface area contributed by atoms with Gasteiger partial charge in [-0.2, -0.15) is 5.10 Å². The first-order valence-corrected chi connectivity index (χ1v) is 9.26. The molecule has 3 heterocycles. The van der Waals surface area contributed by atoms with E-state index < -0.39 is 0 Å². The second kappa shape index (κ2) is 7.21. The lowest BCUT2D eigenvalue weighted by Crippen LogP contribution is -2.44. The number of aryl methyl sites for hydroxylation is 1. The Labute approximate surface area is 153 Å². The van der Waals surface area contributed by atoms with Gasteiger partial charge in [0.25, 0.3) is 0 Å². The zero-order valence-electron chi connectivity index (χ0n) is 15.4. The van der Waals surface area contributed by atoms with Gasteiger partial charge in [-0.3, -0.25) is 4.79 Å². The predicted molar refractivity (Wildman–Crippen MR) is 97.2 cm³/mol. The van der Waals surface area contributed by atoms with E-state index in [1.807, 2.05) is 46.8 Å². The number of ether oxygens (including phenoxy) is 2. The minimum Gasteiger partial charge on any atom is -0.378 e. The van der Waals surface area contributed by atoms with Gasteiger partial charge in [0.15, 0.2) is 0 Å². The first-order chi connectivity index (χ1) is 12.7. The van der Waals surface area contributed by atoms with E-state index in [1.54, 1.807) is 0 Å². The van der Waals surface area contributed by atoms with Crippen LogP contribution in [0, 0.1) is 19.8 Å². The Bertz CT molecular complexity index is 781. The van der Waals surface area contributed by atoms with Crippen LogP contribution in [0.4, 0.5) is 0 Å². The Kier molecular flexibility index (Phi) is 4.78. The van der Waals surface area contributed by atoms with Crippen LogP contribution < -0.4 is 0 Å². The maximum absolute atomic E-state index is 13.0. The zero-order chi connectivity index (χ0) is 18.1. The van der Waals surface area contributed by atoms with Crippen LogP contribution in [0.2, 0.25) is 0 Å². The number of aromatic nitrogens is 2. The second-order valence-corrected chi connectivity index (χ2v) is 6.96. The number of para-hydroxylation sites is 1. The Balaban J connectivity index is 1.64. The van der Waals surface area contributed by atoms with Crippen LogP contribution in [0.3, 0.4) is 0 Å². The van der Waals surface area contributed by atoms with Crippen molar-refractivity contribution in [1.29, 1.82) is 0 Å². The topological polar surface area (TPSA) is 56.6 Å². The minimum absolute atomic E-state index is 0.140. The van der Waals surface area contributed by atoms with Gasteiger partial charge in [-0.1, -0.05) is 18.2 Å². The van der Waals surface area contributed by atoms with Crippen molar-refractivity contribution in [2.45, 2.75) is 26.4 Å². The SMILES string of the molecule is Cc1nn(-c2ccccc2)c(C)c1[C@H]1OCC[C@@H]1C(=O)N1CCOCC1. The molecule has 4 rings (SSSR count). The molecule has 6 nitrogen and oxygen atoms in total. The van der Waals surface area contributed by atoms with E-state index in [0.717, 1.165) is 29.1 Å². The van der Waals surface area contributed by atoms with Gasteiger partial charge in [0.05, 0.1) is 36.6 Å². The smallest absolute Gasteiger partial charge is 0.228 e. The molecule has 2 aromatic rings. The molecule has 2 aliphatic rings. The largest absolute Gasteiger partial charge is 0.378 e. The number of benzene rings is 1. The van der Waals surface area contributed by atoms with Crippen LogP contribution in [0.25, 0.3) is 5.69 Å². The molecular weight excluding hydrogens is 330 g/mol. The second-order valence-electron chi connectivity index (χ2n) is 6.96. The van der Waals surface area contributed by atoms with Crippen LogP contribution in [0.5, 0.6) is 0 Å². The summed E-state index contributed by atoms with van der Waals surface area (Å²) in [5.74, 6) is 0.0426. The van der Waals surface area contributed by atoms with E-state index in [1.165, 1.54) is 0 Å². The molecule has 0 saturated carbocycles. The Morgan fingerprint density at radius 3 is 2.58 bits per heavy atom. The number of amides is 1. The highest BCUT2D eigenvalue weighted by molar-refractivity contribution is 5.80. The quantitative estimate of drug-likeness (QED) is 0.849. The normalized spacial score (nSPS) is 23.4. The molecule has 0 unspecified atom stereocenters. The van der Waals surface area contributed by atoms with Crippen molar-refractivity contribution in [2.75, 3.05) is 32.9 Å². The summed E-state index contributed by atoms with van der Waals surface area (Å²) in [5.41, 5.74) is 4.05. The summed E-state index contributed by atoms with van der Waals surface area (Å²) in [6.07, 6.45) is 0.541. The molecule has 1 aromatic heterocycles. The molecule has 26 heavy (non-hydrogen) atoms. The number of carbonyl (C=O) groups is 1. The summed E-state index contributed by atoms with van der Waals surface area (Å²) < 4.78 is 13.4. The molecule has 0 aliphatic carbocycles. The summed E-state index contributed by atoms with van der Waals surface area (Å²) in [6.45, 7) is 7.25. The number of hydrogen-bond donors (Lipinski definition) is 0. The standard InChI is InChI=1S/C20H25N3O3/c1-14-18(15(2)23(21-14)16-6-4-3-5-7-16)19-17(8-11-26-19)20(24)22-9-12-25-13-10-22/h3-7,17,19H,8-13H2,1-2H3/t17-,19-/m0/s1. The molecule has 2 fully saturated rings. The van der Waals surface area contributed by atoms with Gasteiger partial charge in [-0.15, -0.1) is 0 Å². The molecule has 6 heteroatoms. The summed E-state index contributed by atoms with van der Waals surface area (Å²) >= 11 is 0. The van der Waals surface area contributed by atoms with Gasteiger partial charge in [0, 0.05) is 31.0 Å². The highest BCUT2D eigenvalue weighted by Crippen LogP contribution is 2.39. The van der Waals surface area contributed by atoms with Crippen molar-refractivity contribution in [2.24, 2.45) is 5.92 Å². The maximum Gasteiger partial charge on any atom is 0.228 e. The third-order valence-corrected chi connectivity index (χ3v) is 5.36. The lowest BCUT2D eigenvalue weighted by atomic mass is 9.92. The van der Waals surface area contributed by atoms with Gasteiger partial charge >= 0.3 is 0 Å². The number of nitrogens with zero attached hydrogens (tertiary/aromatic N) is 3. The van der Waals surface area contributed by atoms with Crippen molar-refractivity contribution in [1.82, 2.24) is 14.7 Å². The van der Waals surface area contributed by atoms with E-state index in [-0.39, 0.29) is 17.9 Å². The fourth-order valence-electron chi connectivity index (χ4n) is 4.03. The number of carbonyl (C=O) groups excluding carboxylic acids is 1. The maximum atomic E-state index is 13.0. The van der Waals surface area contributed by atoms with Crippen LogP contribution in [0.15, 0.2) is 30.3 Å². The number of rotatable bonds is 3. The van der Waals surface area contributed by atoms with E-state index in [2.05, 4.69) is 6.92 Å². The molecule has 0 bridgehead atoms. The molecule has 2 atom stereocenters. The molecule has 0 N–H and O–H groups in total. The third kappa shape index (κ3) is 3.04. The number of hydrogen-bond acceptors (Lipinski definition) is 4. The van der Waals surface area contributed by atoms with Crippen LogP contribution >= 0.6 is 0 Å². The molecule has 0 spiro atoms. The first kappa shape index (κ1) is 17.2. The Morgan fingerprint density at radius 2 is 1.85 bits per heavy atom. The average Bonchev–Trinajstić information content (AvgIpc) is 3.26. The molecule has 1 aromatic carbocycles. The summed E-state index contributed by atoms with van der Waals surface area (Å²) in [6, 6.07) is 10.1. The monoisotopic (exact) mass is 355 g/mol. The molecule has 1 amide bonds. The molecule has 2 saturated heterocycles. The van der Waals surface area contributed by atoms with E-state index in [0.29, 0.717) is 32.9 Å². The summed E-state index contributed by atoms with van der Waals surface area (Å²) in [4.78, 5) is 15.0. The van der Waals surface area contributed by atoms with Crippen molar-refractivity contribution in [3.63, 3.8) is 0 Å². The minimum atomic E-state index is -0.220. The van der Waals surface area contributed by atoms with Crippen LogP contribution in [-0.2, 0) is 14.3 Å². The van der Waals surface area contributed by atoms with Crippen LogP contribution in [-0.4, -0.2) is 53.5 Å². The predicted octanol–water partition coefficient (Wildman–Crippen LogP) is 2.43. The number of morpholine rings is 1. The van der Waals surface area contributed by atoms with Gasteiger partial charge in [-0.05, 0) is 32.4 Å². The highest BCUT2D eigenvalue weighted by atomic mass is 16.5. The van der Waals surface area contributed by atoms with Crippen molar-refractivity contribution >= 4 is 5.91 Å². The van der Waals surface area contributed by atoms with Crippen molar-refractivity contribution < 1.29 is 14.3 Å². The Morgan fingerprint density at radius 1 is 1.12 bits per heavy atom. The van der Waals surface area contributed by atoms with E-state index >= 15 is 0 Å². The third-order valence-electron chi connectivity index (χ3n) is 5.36. The summed E-state index contributed by atoms with van der Waals surface area (Å²) in [5, 5.41) is 4.72. The molecule has 138 valence electrons. The lowest BCUT2D eigenvalue weighted by molar-refractivity contribution is -0.141. The van der Waals surface area contributed by atoms with Crippen molar-refractivity contribution in [3.8, 4) is 5.69 Å². The molecule has 2 aliphatic heterocycles. The van der Waals surface area contributed by atoms with Crippen molar-refractivity contribution in [3.05, 3.63) is 47.3 Å². The summed E-state index contributed by atoms with van der Waals surface area (Å²) in [7, 11) is 0. The fraction of sp³-hybridized carbons (Fsp3) is 0.500. The van der Waals surface area contributed by atoms with Crippen LogP contribution in [0.1, 0.15) is 29.5 Å². The van der Waals surface area contributed by atoms with Gasteiger partial charge in [-0.25, -0.2) is 4.68 Å². The average molecular weight is 355 g/mol. The zero-order valence-corrected chi connectivity index (χ0v) is 15.4. The first-order valence-electron chi connectivity index (χ1n) is 9.26. The van der Waals surface area contributed by atoms with Gasteiger partial charge in [0.2, 0.25) is 5.91 Å². The van der Waals surface area contributed by atoms with Gasteiger partial charge < -0.3 is 14.4 Å². The molecular formula is C20H25N3O3. The Hall–Kier alpha value is -2.18.